The van der Waals surface area contributed by atoms with Gasteiger partial charge in [-0.2, -0.15) is 0 Å². The van der Waals surface area contributed by atoms with Gasteiger partial charge in [-0.25, -0.2) is 14.8 Å². The van der Waals surface area contributed by atoms with Crippen LogP contribution in [0.2, 0.25) is 0 Å². The molecule has 1 aliphatic heterocycles. The van der Waals surface area contributed by atoms with Gasteiger partial charge >= 0.3 is 5.97 Å². The molecule has 0 bridgehead atoms. The average Bonchev–Trinajstić information content (AvgIpc) is 3.20. The third-order valence-corrected chi connectivity index (χ3v) is 4.00. The lowest BCUT2D eigenvalue weighted by Gasteiger charge is -2.15. The van der Waals surface area contributed by atoms with Crippen LogP contribution in [0.1, 0.15) is 41.1 Å². The molecule has 1 aliphatic carbocycles. The number of rotatable bonds is 4. The molecule has 1 aromatic rings. The van der Waals surface area contributed by atoms with Crippen molar-refractivity contribution in [3.05, 3.63) is 23.3 Å². The molecule has 0 spiro atoms. The zero-order chi connectivity index (χ0) is 15.0. The molecule has 3 rings (SSSR count). The fourth-order valence-corrected chi connectivity index (χ4v) is 2.71. The zero-order valence-corrected chi connectivity index (χ0v) is 12.3. The molecule has 1 saturated carbocycles. The van der Waals surface area contributed by atoms with E-state index in [1.54, 1.807) is 13.8 Å². The summed E-state index contributed by atoms with van der Waals surface area (Å²) in [7, 11) is 0. The van der Waals surface area contributed by atoms with Crippen molar-refractivity contribution in [3.63, 3.8) is 0 Å². The summed E-state index contributed by atoms with van der Waals surface area (Å²) < 4.78 is 5.33. The molecular weight excluding hydrogens is 270 g/mol. The van der Waals surface area contributed by atoms with E-state index in [0.717, 1.165) is 12.8 Å². The van der Waals surface area contributed by atoms with Crippen molar-refractivity contribution in [2.24, 2.45) is 5.92 Å². The van der Waals surface area contributed by atoms with Crippen LogP contribution in [0.3, 0.4) is 0 Å². The van der Waals surface area contributed by atoms with E-state index in [-0.39, 0.29) is 18.4 Å². The molecule has 0 N–H and O–H groups in total. The van der Waals surface area contributed by atoms with Gasteiger partial charge in [-0.15, -0.1) is 0 Å². The molecule has 2 heterocycles. The van der Waals surface area contributed by atoms with Crippen molar-refractivity contribution >= 4 is 11.9 Å². The van der Waals surface area contributed by atoms with Crippen molar-refractivity contribution in [1.29, 1.82) is 0 Å². The van der Waals surface area contributed by atoms with Crippen molar-refractivity contribution in [1.82, 2.24) is 14.9 Å². The number of hydrogen-bond acceptors (Lipinski definition) is 5. The first-order valence-electron chi connectivity index (χ1n) is 7.31. The van der Waals surface area contributed by atoms with Gasteiger partial charge in [-0.3, -0.25) is 4.79 Å². The minimum Gasteiger partial charge on any atom is -0.462 e. The molecule has 6 heteroatoms. The largest absolute Gasteiger partial charge is 0.462 e. The Kier molecular flexibility index (Phi) is 3.61. The first-order chi connectivity index (χ1) is 10.0. The van der Waals surface area contributed by atoms with Crippen LogP contribution in [0.5, 0.6) is 0 Å². The van der Waals surface area contributed by atoms with E-state index < -0.39 is 5.97 Å². The van der Waals surface area contributed by atoms with Crippen LogP contribution in [0.4, 0.5) is 0 Å². The number of likely N-dealkylation sites (tertiary alicyclic amines) is 1. The number of nitrogens with zero attached hydrogens (tertiary/aromatic N) is 3. The van der Waals surface area contributed by atoms with Crippen LogP contribution in [-0.2, 0) is 9.53 Å². The maximum atomic E-state index is 12.0. The summed E-state index contributed by atoms with van der Waals surface area (Å²) in [6.07, 6.45) is 4.19. The van der Waals surface area contributed by atoms with E-state index in [2.05, 4.69) is 9.97 Å². The summed E-state index contributed by atoms with van der Waals surface area (Å²) in [4.78, 5) is 34.0. The number of carbonyl (C=O) groups is 2. The van der Waals surface area contributed by atoms with Crippen molar-refractivity contribution in [2.75, 3.05) is 13.2 Å². The number of hydrogen-bond donors (Lipinski definition) is 0. The number of amides is 1. The summed E-state index contributed by atoms with van der Waals surface area (Å²) in [6.45, 7) is 4.53. The Morgan fingerprint density at radius 1 is 1.43 bits per heavy atom. The lowest BCUT2D eigenvalue weighted by atomic mass is 10.1. The number of ether oxygens (including phenoxy) is 1. The lowest BCUT2D eigenvalue weighted by Crippen LogP contribution is -2.28. The SMILES string of the molecule is Cc1ncc(C(=O)OC[C@H]2CC(=O)N(C3CC3)C2)c(C)n1. The number of aromatic nitrogens is 2. The fraction of sp³-hybridized carbons (Fsp3) is 0.600. The second kappa shape index (κ2) is 5.42. The van der Waals surface area contributed by atoms with Gasteiger partial charge in [0.05, 0.1) is 17.9 Å². The molecule has 1 amide bonds. The van der Waals surface area contributed by atoms with E-state index in [1.165, 1.54) is 6.20 Å². The van der Waals surface area contributed by atoms with Crippen LogP contribution in [0.25, 0.3) is 0 Å². The quantitative estimate of drug-likeness (QED) is 0.780. The Morgan fingerprint density at radius 3 is 2.86 bits per heavy atom. The Morgan fingerprint density at radius 2 is 2.19 bits per heavy atom. The predicted octanol–water partition coefficient (Wildman–Crippen LogP) is 1.26. The minimum absolute atomic E-state index is 0.105. The first-order valence-corrected chi connectivity index (χ1v) is 7.31. The fourth-order valence-electron chi connectivity index (χ4n) is 2.71. The highest BCUT2D eigenvalue weighted by Crippen LogP contribution is 2.32. The smallest absolute Gasteiger partial charge is 0.341 e. The van der Waals surface area contributed by atoms with Gasteiger partial charge in [0.1, 0.15) is 5.82 Å². The van der Waals surface area contributed by atoms with Crippen LogP contribution in [0, 0.1) is 19.8 Å². The monoisotopic (exact) mass is 289 g/mol. The summed E-state index contributed by atoms with van der Waals surface area (Å²) in [5.41, 5.74) is 1.01. The lowest BCUT2D eigenvalue weighted by molar-refractivity contribution is -0.128. The van der Waals surface area contributed by atoms with E-state index in [1.807, 2.05) is 4.90 Å². The summed E-state index contributed by atoms with van der Waals surface area (Å²) in [5, 5.41) is 0. The predicted molar refractivity (Wildman–Crippen MR) is 74.6 cm³/mol. The molecule has 2 aliphatic rings. The standard InChI is InChI=1S/C15H19N3O3/c1-9-13(6-16-10(2)17-9)15(20)21-8-11-5-14(19)18(7-11)12-3-4-12/h6,11-12H,3-5,7-8H2,1-2H3/t11-/m0/s1. The molecule has 21 heavy (non-hydrogen) atoms. The average molecular weight is 289 g/mol. The van der Waals surface area contributed by atoms with Gasteiger partial charge in [0.2, 0.25) is 5.91 Å². The van der Waals surface area contributed by atoms with E-state index in [4.69, 9.17) is 4.74 Å². The normalized spacial score (nSPS) is 21.7. The summed E-state index contributed by atoms with van der Waals surface area (Å²) in [5.74, 6) is 0.512. The number of esters is 1. The molecule has 0 radical (unpaired) electrons. The van der Waals surface area contributed by atoms with Gasteiger partial charge < -0.3 is 9.64 Å². The van der Waals surface area contributed by atoms with Gasteiger partial charge in [-0.1, -0.05) is 0 Å². The molecule has 1 aromatic heterocycles. The molecule has 2 fully saturated rings. The van der Waals surface area contributed by atoms with Crippen molar-refractivity contribution in [3.8, 4) is 0 Å². The molecule has 1 atom stereocenters. The molecule has 1 saturated heterocycles. The topological polar surface area (TPSA) is 72.4 Å². The van der Waals surface area contributed by atoms with Crippen LogP contribution in [0.15, 0.2) is 6.20 Å². The molecule has 6 nitrogen and oxygen atoms in total. The van der Waals surface area contributed by atoms with Gasteiger partial charge in [0.25, 0.3) is 0 Å². The molecule has 0 unspecified atom stereocenters. The maximum Gasteiger partial charge on any atom is 0.341 e. The molecule has 112 valence electrons. The Balaban J connectivity index is 1.55. The van der Waals surface area contributed by atoms with Crippen LogP contribution >= 0.6 is 0 Å². The first kappa shape index (κ1) is 14.0. The van der Waals surface area contributed by atoms with Crippen molar-refractivity contribution < 1.29 is 14.3 Å². The zero-order valence-electron chi connectivity index (χ0n) is 12.3. The second-order valence-corrected chi connectivity index (χ2v) is 5.86. The van der Waals surface area contributed by atoms with E-state index >= 15 is 0 Å². The Bertz CT molecular complexity index is 584. The van der Waals surface area contributed by atoms with E-state index in [0.29, 0.717) is 36.1 Å². The molecular formula is C15H19N3O3. The maximum absolute atomic E-state index is 12.0. The number of aryl methyl sites for hydroxylation is 2. The second-order valence-electron chi connectivity index (χ2n) is 5.86. The Hall–Kier alpha value is -1.98. The summed E-state index contributed by atoms with van der Waals surface area (Å²) in [6, 6.07) is 0.436. The summed E-state index contributed by atoms with van der Waals surface area (Å²) >= 11 is 0. The highest BCUT2D eigenvalue weighted by molar-refractivity contribution is 5.90. The third-order valence-electron chi connectivity index (χ3n) is 4.00. The number of carbonyl (C=O) groups excluding carboxylic acids is 2. The highest BCUT2D eigenvalue weighted by Gasteiger charge is 2.39. The van der Waals surface area contributed by atoms with Gasteiger partial charge in [-0.05, 0) is 26.7 Å². The van der Waals surface area contributed by atoms with Crippen molar-refractivity contribution in [2.45, 2.75) is 39.2 Å². The Labute approximate surface area is 123 Å². The van der Waals surface area contributed by atoms with Crippen LogP contribution < -0.4 is 0 Å². The van der Waals surface area contributed by atoms with Gasteiger partial charge in [0, 0.05) is 31.1 Å². The van der Waals surface area contributed by atoms with Crippen LogP contribution in [-0.4, -0.2) is 45.9 Å². The van der Waals surface area contributed by atoms with E-state index in [9.17, 15) is 9.59 Å². The highest BCUT2D eigenvalue weighted by atomic mass is 16.5. The third kappa shape index (κ3) is 3.04. The minimum atomic E-state index is -0.412. The molecule has 0 aromatic carbocycles. The van der Waals surface area contributed by atoms with Gasteiger partial charge in [0.15, 0.2) is 0 Å².